The Morgan fingerprint density at radius 1 is 1.00 bits per heavy atom. The molecule has 0 aliphatic carbocycles. The third-order valence-electron chi connectivity index (χ3n) is 5.42. The molecule has 0 bridgehead atoms. The SMILES string of the molecule is COc1ccccc1CN1COc2ccc3cc(-c4ccccc4)c(=O)oc3c2C1. The third-order valence-corrected chi connectivity index (χ3v) is 5.42. The van der Waals surface area contributed by atoms with Gasteiger partial charge in [0.1, 0.15) is 23.8 Å². The number of benzene rings is 3. The second-order valence-corrected chi connectivity index (χ2v) is 7.35. The molecule has 5 nitrogen and oxygen atoms in total. The van der Waals surface area contributed by atoms with Crippen LogP contribution in [0.5, 0.6) is 11.5 Å². The van der Waals surface area contributed by atoms with Gasteiger partial charge in [-0.1, -0.05) is 48.5 Å². The van der Waals surface area contributed by atoms with Gasteiger partial charge in [0, 0.05) is 24.0 Å². The maximum atomic E-state index is 12.7. The molecular weight excluding hydrogens is 378 g/mol. The molecule has 4 aromatic rings. The first-order chi connectivity index (χ1) is 14.7. The highest BCUT2D eigenvalue weighted by atomic mass is 16.5. The van der Waals surface area contributed by atoms with Crippen LogP contribution >= 0.6 is 0 Å². The summed E-state index contributed by atoms with van der Waals surface area (Å²) in [5.41, 5.74) is 3.63. The number of hydrogen-bond donors (Lipinski definition) is 0. The zero-order chi connectivity index (χ0) is 20.5. The lowest BCUT2D eigenvalue weighted by Crippen LogP contribution is -2.31. The van der Waals surface area contributed by atoms with Crippen LogP contribution in [0.15, 0.2) is 82.0 Å². The lowest BCUT2D eigenvalue weighted by atomic mass is 10.0. The first-order valence-corrected chi connectivity index (χ1v) is 9.85. The molecule has 0 amide bonds. The molecule has 0 spiro atoms. The fourth-order valence-corrected chi connectivity index (χ4v) is 3.93. The molecule has 0 N–H and O–H groups in total. The summed E-state index contributed by atoms with van der Waals surface area (Å²) in [6.07, 6.45) is 0. The fourth-order valence-electron chi connectivity index (χ4n) is 3.93. The lowest BCUT2D eigenvalue weighted by Gasteiger charge is -2.29. The minimum Gasteiger partial charge on any atom is -0.496 e. The van der Waals surface area contributed by atoms with Gasteiger partial charge in [0.2, 0.25) is 0 Å². The number of ether oxygens (including phenoxy) is 2. The molecule has 0 atom stereocenters. The van der Waals surface area contributed by atoms with Gasteiger partial charge in [-0.3, -0.25) is 4.90 Å². The van der Waals surface area contributed by atoms with Crippen LogP contribution in [-0.4, -0.2) is 18.7 Å². The van der Waals surface area contributed by atoms with Gasteiger partial charge >= 0.3 is 5.63 Å². The summed E-state index contributed by atoms with van der Waals surface area (Å²) in [4.78, 5) is 14.9. The summed E-state index contributed by atoms with van der Waals surface area (Å²) in [7, 11) is 1.67. The van der Waals surface area contributed by atoms with E-state index in [2.05, 4.69) is 4.90 Å². The summed E-state index contributed by atoms with van der Waals surface area (Å²) in [6.45, 7) is 1.76. The van der Waals surface area contributed by atoms with E-state index in [0.29, 0.717) is 31.0 Å². The van der Waals surface area contributed by atoms with Gasteiger partial charge in [-0.15, -0.1) is 0 Å². The normalized spacial score (nSPS) is 13.6. The van der Waals surface area contributed by atoms with Crippen LogP contribution in [0, 0.1) is 0 Å². The Bertz CT molecular complexity index is 1260. The van der Waals surface area contributed by atoms with E-state index in [-0.39, 0.29) is 5.63 Å². The highest BCUT2D eigenvalue weighted by Crippen LogP contribution is 2.34. The summed E-state index contributed by atoms with van der Waals surface area (Å²) in [6, 6.07) is 23.3. The van der Waals surface area contributed by atoms with Crippen molar-refractivity contribution in [3.63, 3.8) is 0 Å². The molecule has 0 radical (unpaired) electrons. The molecule has 0 saturated carbocycles. The maximum absolute atomic E-state index is 12.7. The third kappa shape index (κ3) is 3.33. The molecule has 5 heteroatoms. The Morgan fingerprint density at radius 3 is 2.63 bits per heavy atom. The van der Waals surface area contributed by atoms with E-state index in [4.69, 9.17) is 13.9 Å². The van der Waals surface area contributed by atoms with Crippen molar-refractivity contribution in [1.82, 2.24) is 4.90 Å². The van der Waals surface area contributed by atoms with Gasteiger partial charge in [-0.25, -0.2) is 4.79 Å². The molecule has 5 rings (SSSR count). The fraction of sp³-hybridized carbons (Fsp3) is 0.160. The summed E-state index contributed by atoms with van der Waals surface area (Å²) >= 11 is 0. The number of hydrogen-bond acceptors (Lipinski definition) is 5. The Kier molecular flexibility index (Phi) is 4.73. The highest BCUT2D eigenvalue weighted by molar-refractivity contribution is 5.86. The second kappa shape index (κ2) is 7.69. The smallest absolute Gasteiger partial charge is 0.344 e. The van der Waals surface area contributed by atoms with Crippen LogP contribution in [0.25, 0.3) is 22.1 Å². The molecule has 0 unspecified atom stereocenters. The average Bonchev–Trinajstić information content (AvgIpc) is 2.79. The van der Waals surface area contributed by atoms with Crippen LogP contribution in [0.4, 0.5) is 0 Å². The van der Waals surface area contributed by atoms with Gasteiger partial charge in [0.15, 0.2) is 0 Å². The van der Waals surface area contributed by atoms with Crippen LogP contribution in [-0.2, 0) is 13.1 Å². The summed E-state index contributed by atoms with van der Waals surface area (Å²) < 4.78 is 17.2. The summed E-state index contributed by atoms with van der Waals surface area (Å²) in [5.74, 6) is 1.61. The van der Waals surface area contributed by atoms with Crippen LogP contribution < -0.4 is 15.1 Å². The van der Waals surface area contributed by atoms with E-state index in [1.165, 1.54) is 0 Å². The maximum Gasteiger partial charge on any atom is 0.344 e. The van der Waals surface area contributed by atoms with Crippen molar-refractivity contribution in [3.8, 4) is 22.6 Å². The quantitative estimate of drug-likeness (QED) is 0.461. The van der Waals surface area contributed by atoms with E-state index in [1.54, 1.807) is 7.11 Å². The van der Waals surface area contributed by atoms with Crippen LogP contribution in [0.2, 0.25) is 0 Å². The Hall–Kier alpha value is -3.57. The molecule has 2 heterocycles. The number of methoxy groups -OCH3 is 1. The monoisotopic (exact) mass is 399 g/mol. The molecule has 30 heavy (non-hydrogen) atoms. The van der Waals surface area contributed by atoms with E-state index >= 15 is 0 Å². The van der Waals surface area contributed by atoms with E-state index < -0.39 is 0 Å². The largest absolute Gasteiger partial charge is 0.496 e. The van der Waals surface area contributed by atoms with Crippen molar-refractivity contribution in [2.75, 3.05) is 13.8 Å². The van der Waals surface area contributed by atoms with Crippen molar-refractivity contribution in [2.45, 2.75) is 13.1 Å². The molecule has 3 aromatic carbocycles. The molecule has 1 aliphatic heterocycles. The highest BCUT2D eigenvalue weighted by Gasteiger charge is 2.23. The van der Waals surface area contributed by atoms with Gasteiger partial charge in [0.25, 0.3) is 0 Å². The van der Waals surface area contributed by atoms with E-state index in [9.17, 15) is 4.79 Å². The Morgan fingerprint density at radius 2 is 1.80 bits per heavy atom. The molecule has 0 fully saturated rings. The number of rotatable bonds is 4. The van der Waals surface area contributed by atoms with Crippen molar-refractivity contribution in [2.24, 2.45) is 0 Å². The van der Waals surface area contributed by atoms with Crippen LogP contribution in [0.1, 0.15) is 11.1 Å². The number of para-hydroxylation sites is 1. The van der Waals surface area contributed by atoms with E-state index in [1.807, 2.05) is 72.8 Å². The second-order valence-electron chi connectivity index (χ2n) is 7.35. The number of fused-ring (bicyclic) bond motifs is 3. The predicted molar refractivity (Wildman–Crippen MR) is 116 cm³/mol. The van der Waals surface area contributed by atoms with Crippen LogP contribution in [0.3, 0.4) is 0 Å². The minimum atomic E-state index is -0.344. The molecule has 0 saturated heterocycles. The van der Waals surface area contributed by atoms with Gasteiger partial charge in [0.05, 0.1) is 18.2 Å². The molecular formula is C25H21NO4. The zero-order valence-corrected chi connectivity index (χ0v) is 16.6. The lowest BCUT2D eigenvalue weighted by molar-refractivity contribution is 0.0882. The van der Waals surface area contributed by atoms with Gasteiger partial charge < -0.3 is 13.9 Å². The minimum absolute atomic E-state index is 0.344. The molecule has 150 valence electrons. The molecule has 1 aromatic heterocycles. The topological polar surface area (TPSA) is 51.9 Å². The zero-order valence-electron chi connectivity index (χ0n) is 16.6. The predicted octanol–water partition coefficient (Wildman–Crippen LogP) is 4.82. The first kappa shape index (κ1) is 18.5. The number of nitrogens with zero attached hydrogens (tertiary/aromatic N) is 1. The van der Waals surface area contributed by atoms with Crippen molar-refractivity contribution in [3.05, 3.63) is 94.3 Å². The van der Waals surface area contributed by atoms with Gasteiger partial charge in [-0.05, 0) is 29.8 Å². The van der Waals surface area contributed by atoms with Crippen molar-refractivity contribution < 1.29 is 13.9 Å². The first-order valence-electron chi connectivity index (χ1n) is 9.85. The standard InChI is InChI=1S/C25H21NO4/c1-28-22-10-6-5-9-19(22)14-26-15-21-23(29-16-26)12-11-18-13-20(25(27)30-24(18)21)17-7-3-2-4-8-17/h2-13H,14-16H2,1H3. The van der Waals surface area contributed by atoms with E-state index in [0.717, 1.165) is 33.6 Å². The Labute approximate surface area is 174 Å². The van der Waals surface area contributed by atoms with Gasteiger partial charge in [-0.2, -0.15) is 0 Å². The van der Waals surface area contributed by atoms with Crippen molar-refractivity contribution in [1.29, 1.82) is 0 Å². The summed E-state index contributed by atoms with van der Waals surface area (Å²) in [5, 5.41) is 0.884. The Balaban J connectivity index is 1.51. The molecule has 1 aliphatic rings. The average molecular weight is 399 g/mol. The van der Waals surface area contributed by atoms with Crippen molar-refractivity contribution >= 4 is 11.0 Å².